The normalized spacial score (nSPS) is 18.8. The van der Waals surface area contributed by atoms with E-state index in [2.05, 4.69) is 5.32 Å². The van der Waals surface area contributed by atoms with Gasteiger partial charge in [-0.15, -0.1) is 0 Å². The number of benzene rings is 1. The molecule has 2 rings (SSSR count). The molecule has 6 heteroatoms. The van der Waals surface area contributed by atoms with Gasteiger partial charge in [0.05, 0.1) is 25.9 Å². The highest BCUT2D eigenvalue weighted by molar-refractivity contribution is 5.77. The van der Waals surface area contributed by atoms with E-state index in [1.807, 2.05) is 0 Å². The van der Waals surface area contributed by atoms with E-state index in [0.29, 0.717) is 37.8 Å². The zero-order valence-corrected chi connectivity index (χ0v) is 10.6. The largest absolute Gasteiger partial charge is 0.484 e. The summed E-state index contributed by atoms with van der Waals surface area (Å²) in [6.07, 6.45) is -0.0748. The Bertz CT molecular complexity index is 402. The van der Waals surface area contributed by atoms with Crippen molar-refractivity contribution in [2.24, 2.45) is 0 Å². The third-order valence-electron chi connectivity index (χ3n) is 2.66. The minimum absolute atomic E-state index is 0.0303. The first-order chi connectivity index (χ1) is 9.24. The minimum Gasteiger partial charge on any atom is -0.484 e. The molecule has 0 saturated carbocycles. The molecule has 1 aromatic rings. The van der Waals surface area contributed by atoms with Crippen molar-refractivity contribution in [3.63, 3.8) is 0 Å². The molecule has 1 atom stereocenters. The summed E-state index contributed by atoms with van der Waals surface area (Å²) >= 11 is 0. The molecule has 1 fully saturated rings. The molecule has 104 valence electrons. The molecule has 0 aliphatic carbocycles. The molecule has 0 bridgehead atoms. The van der Waals surface area contributed by atoms with Crippen molar-refractivity contribution in [3.05, 3.63) is 24.3 Å². The van der Waals surface area contributed by atoms with Gasteiger partial charge >= 0.3 is 0 Å². The van der Waals surface area contributed by atoms with Crippen LogP contribution < -0.4 is 15.8 Å². The lowest BCUT2D eigenvalue weighted by atomic mass is 10.3. The number of carbonyl (C=O) groups excluding carboxylic acids is 1. The fourth-order valence-electron chi connectivity index (χ4n) is 1.65. The molecule has 0 aromatic heterocycles. The summed E-state index contributed by atoms with van der Waals surface area (Å²) in [6, 6.07) is 6.89. The number of hydrogen-bond donors (Lipinski definition) is 2. The summed E-state index contributed by atoms with van der Waals surface area (Å²) in [5, 5.41) is 2.74. The molecule has 1 aliphatic heterocycles. The van der Waals surface area contributed by atoms with Gasteiger partial charge < -0.3 is 25.3 Å². The predicted molar refractivity (Wildman–Crippen MR) is 69.9 cm³/mol. The number of nitrogens with two attached hydrogens (primary N) is 1. The van der Waals surface area contributed by atoms with E-state index >= 15 is 0 Å². The highest BCUT2D eigenvalue weighted by Gasteiger charge is 2.15. The third kappa shape index (κ3) is 4.76. The summed E-state index contributed by atoms with van der Waals surface area (Å²) in [5.74, 6) is 0.424. The van der Waals surface area contributed by atoms with Crippen LogP contribution in [0.1, 0.15) is 0 Å². The molecule has 1 saturated heterocycles. The van der Waals surface area contributed by atoms with Gasteiger partial charge in [0, 0.05) is 12.2 Å². The summed E-state index contributed by atoms with van der Waals surface area (Å²) in [4.78, 5) is 11.6. The maximum Gasteiger partial charge on any atom is 0.258 e. The Morgan fingerprint density at radius 1 is 1.37 bits per heavy atom. The van der Waals surface area contributed by atoms with E-state index in [4.69, 9.17) is 19.9 Å². The molecule has 1 amide bonds. The second kappa shape index (κ2) is 6.96. The molecule has 1 aromatic carbocycles. The average molecular weight is 266 g/mol. The number of nitrogens with one attached hydrogen (secondary N) is 1. The number of rotatable bonds is 5. The molecule has 3 N–H and O–H groups in total. The first-order valence-electron chi connectivity index (χ1n) is 6.18. The Kier molecular flexibility index (Phi) is 5.00. The maximum atomic E-state index is 11.6. The standard InChI is InChI=1S/C13H18N2O4/c14-10-1-3-11(4-2-10)19-9-13(16)15-7-12-8-17-5-6-18-12/h1-4,12H,5-9,14H2,(H,15,16). The van der Waals surface area contributed by atoms with Crippen LogP contribution in [-0.2, 0) is 14.3 Å². The van der Waals surface area contributed by atoms with Crippen molar-refractivity contribution in [3.8, 4) is 5.75 Å². The molecular weight excluding hydrogens is 248 g/mol. The quantitative estimate of drug-likeness (QED) is 0.743. The topological polar surface area (TPSA) is 82.8 Å². The number of nitrogen functional groups attached to an aromatic ring is 1. The van der Waals surface area contributed by atoms with Gasteiger partial charge in [0.25, 0.3) is 5.91 Å². The van der Waals surface area contributed by atoms with Crippen molar-refractivity contribution in [1.29, 1.82) is 0 Å². The monoisotopic (exact) mass is 266 g/mol. The first kappa shape index (κ1) is 13.6. The molecule has 1 aliphatic rings. The van der Waals surface area contributed by atoms with Gasteiger partial charge in [-0.25, -0.2) is 0 Å². The van der Waals surface area contributed by atoms with Crippen LogP contribution in [0.25, 0.3) is 0 Å². The highest BCUT2D eigenvalue weighted by atomic mass is 16.6. The third-order valence-corrected chi connectivity index (χ3v) is 2.66. The van der Waals surface area contributed by atoms with E-state index < -0.39 is 0 Å². The van der Waals surface area contributed by atoms with E-state index in [9.17, 15) is 4.79 Å². The molecular formula is C13H18N2O4. The lowest BCUT2D eigenvalue weighted by Gasteiger charge is -2.23. The van der Waals surface area contributed by atoms with E-state index in [0.717, 1.165) is 0 Å². The highest BCUT2D eigenvalue weighted by Crippen LogP contribution is 2.12. The average Bonchev–Trinajstić information content (AvgIpc) is 2.45. The smallest absolute Gasteiger partial charge is 0.258 e. The Morgan fingerprint density at radius 3 is 2.84 bits per heavy atom. The molecule has 19 heavy (non-hydrogen) atoms. The summed E-state index contributed by atoms with van der Waals surface area (Å²) in [6.45, 7) is 2.10. The minimum atomic E-state index is -0.189. The van der Waals surface area contributed by atoms with E-state index in [1.165, 1.54) is 0 Å². The van der Waals surface area contributed by atoms with Gasteiger partial charge in [-0.1, -0.05) is 0 Å². The fourth-order valence-corrected chi connectivity index (χ4v) is 1.65. The van der Waals surface area contributed by atoms with Crippen LogP contribution in [0, 0.1) is 0 Å². The fraction of sp³-hybridized carbons (Fsp3) is 0.462. The summed E-state index contributed by atoms with van der Waals surface area (Å²) in [7, 11) is 0. The van der Waals surface area contributed by atoms with Crippen LogP contribution in [0.15, 0.2) is 24.3 Å². The number of hydrogen-bond acceptors (Lipinski definition) is 5. The second-order valence-electron chi connectivity index (χ2n) is 4.23. The Balaban J connectivity index is 1.65. The Labute approximate surface area is 111 Å². The predicted octanol–water partition coefficient (Wildman–Crippen LogP) is 0.179. The second-order valence-corrected chi connectivity index (χ2v) is 4.23. The summed E-state index contributed by atoms with van der Waals surface area (Å²) in [5.41, 5.74) is 6.21. The number of anilines is 1. The number of ether oxygens (including phenoxy) is 3. The van der Waals surface area contributed by atoms with E-state index in [-0.39, 0.29) is 18.6 Å². The lowest BCUT2D eigenvalue weighted by molar-refractivity contribution is -0.125. The Hall–Kier alpha value is -1.79. The number of carbonyl (C=O) groups is 1. The maximum absolute atomic E-state index is 11.6. The van der Waals surface area contributed by atoms with Gasteiger partial charge in [0.2, 0.25) is 0 Å². The molecule has 0 spiro atoms. The molecule has 1 heterocycles. The van der Waals surface area contributed by atoms with Crippen LogP contribution in [0.5, 0.6) is 5.75 Å². The van der Waals surface area contributed by atoms with Crippen LogP contribution in [0.2, 0.25) is 0 Å². The van der Waals surface area contributed by atoms with Crippen LogP contribution in [-0.4, -0.2) is 45.0 Å². The van der Waals surface area contributed by atoms with Gasteiger partial charge in [0.1, 0.15) is 5.75 Å². The van der Waals surface area contributed by atoms with Crippen molar-refractivity contribution >= 4 is 11.6 Å². The van der Waals surface area contributed by atoms with Crippen molar-refractivity contribution in [2.75, 3.05) is 38.7 Å². The van der Waals surface area contributed by atoms with Gasteiger partial charge in [-0.2, -0.15) is 0 Å². The van der Waals surface area contributed by atoms with Crippen molar-refractivity contribution in [2.45, 2.75) is 6.10 Å². The Morgan fingerprint density at radius 2 is 2.16 bits per heavy atom. The van der Waals surface area contributed by atoms with Gasteiger partial charge in [-0.3, -0.25) is 4.79 Å². The zero-order chi connectivity index (χ0) is 13.5. The molecule has 0 radical (unpaired) electrons. The zero-order valence-electron chi connectivity index (χ0n) is 10.6. The van der Waals surface area contributed by atoms with E-state index in [1.54, 1.807) is 24.3 Å². The van der Waals surface area contributed by atoms with Crippen LogP contribution in [0.4, 0.5) is 5.69 Å². The first-order valence-corrected chi connectivity index (χ1v) is 6.18. The SMILES string of the molecule is Nc1ccc(OCC(=O)NCC2COCCO2)cc1. The van der Waals surface area contributed by atoms with Crippen LogP contribution in [0.3, 0.4) is 0 Å². The van der Waals surface area contributed by atoms with Gasteiger partial charge in [0.15, 0.2) is 6.61 Å². The van der Waals surface area contributed by atoms with Crippen LogP contribution >= 0.6 is 0 Å². The summed E-state index contributed by atoms with van der Waals surface area (Å²) < 4.78 is 16.0. The molecule has 6 nitrogen and oxygen atoms in total. The number of amides is 1. The lowest BCUT2D eigenvalue weighted by Crippen LogP contribution is -2.41. The molecule has 1 unspecified atom stereocenters. The van der Waals surface area contributed by atoms with Crippen molar-refractivity contribution in [1.82, 2.24) is 5.32 Å². The van der Waals surface area contributed by atoms with Gasteiger partial charge in [-0.05, 0) is 24.3 Å². The van der Waals surface area contributed by atoms with Crippen molar-refractivity contribution < 1.29 is 19.0 Å².